The molecule has 1 amide bonds. The Kier molecular flexibility index (Phi) is 3.49. The number of carbonyl (C=O) groups excluding carboxylic acids is 1. The number of hydrogen-bond donors (Lipinski definition) is 1. The van der Waals surface area contributed by atoms with E-state index in [-0.39, 0.29) is 5.91 Å². The Labute approximate surface area is 118 Å². The van der Waals surface area contributed by atoms with Crippen molar-refractivity contribution in [2.45, 2.75) is 38.5 Å². The largest absolute Gasteiger partial charge is 0.497 e. The summed E-state index contributed by atoms with van der Waals surface area (Å²) in [6.07, 6.45) is 3.04. The van der Waals surface area contributed by atoms with Crippen LogP contribution in [0.4, 0.5) is 0 Å². The van der Waals surface area contributed by atoms with Crippen molar-refractivity contribution in [1.29, 1.82) is 0 Å². The average Bonchev–Trinajstić information content (AvgIpc) is 2.74. The molecule has 0 spiro atoms. The Hall–Kier alpha value is -1.81. The number of methoxy groups -OCH3 is 1. The van der Waals surface area contributed by atoms with Crippen LogP contribution in [0.15, 0.2) is 35.4 Å². The van der Waals surface area contributed by atoms with E-state index in [9.17, 15) is 9.90 Å². The first-order chi connectivity index (χ1) is 9.70. The van der Waals surface area contributed by atoms with Crippen molar-refractivity contribution in [3.63, 3.8) is 0 Å². The highest BCUT2D eigenvalue weighted by molar-refractivity contribution is 5.97. The fraction of sp³-hybridized carbons (Fsp3) is 0.438. The molecule has 4 nitrogen and oxygen atoms in total. The van der Waals surface area contributed by atoms with Gasteiger partial charge in [-0.2, -0.15) is 0 Å². The summed E-state index contributed by atoms with van der Waals surface area (Å²) in [5.41, 5.74) is 2.78. The molecule has 0 fully saturated rings. The summed E-state index contributed by atoms with van der Waals surface area (Å²) < 4.78 is 5.12. The molecule has 106 valence electrons. The zero-order valence-electron chi connectivity index (χ0n) is 11.6. The number of hydrogen-bond acceptors (Lipinski definition) is 3. The molecule has 1 aromatic rings. The monoisotopic (exact) mass is 273 g/mol. The maximum Gasteiger partial charge on any atom is 0.252 e. The summed E-state index contributed by atoms with van der Waals surface area (Å²) >= 11 is 0. The highest BCUT2D eigenvalue weighted by Gasteiger charge is 2.38. The molecule has 4 heteroatoms. The van der Waals surface area contributed by atoms with Crippen molar-refractivity contribution >= 4 is 5.91 Å². The molecule has 2 aliphatic rings. The molecule has 0 radical (unpaired) electrons. The van der Waals surface area contributed by atoms with Gasteiger partial charge in [-0.15, -0.1) is 0 Å². The number of nitrogens with zero attached hydrogens (tertiary/aromatic N) is 1. The van der Waals surface area contributed by atoms with Crippen LogP contribution in [-0.4, -0.2) is 29.3 Å². The summed E-state index contributed by atoms with van der Waals surface area (Å²) in [6.45, 7) is 0.441. The number of carbonyl (C=O) groups is 1. The average molecular weight is 273 g/mol. The lowest BCUT2D eigenvalue weighted by Crippen LogP contribution is -2.34. The Morgan fingerprint density at radius 1 is 1.25 bits per heavy atom. The van der Waals surface area contributed by atoms with Gasteiger partial charge in [-0.1, -0.05) is 12.1 Å². The third-order valence-corrected chi connectivity index (χ3v) is 4.15. The summed E-state index contributed by atoms with van der Waals surface area (Å²) in [7, 11) is 1.63. The normalized spacial score (nSPS) is 22.2. The van der Waals surface area contributed by atoms with E-state index >= 15 is 0 Å². The predicted octanol–water partition coefficient (Wildman–Crippen LogP) is 2.23. The predicted molar refractivity (Wildman–Crippen MR) is 75.0 cm³/mol. The first-order valence-electron chi connectivity index (χ1n) is 7.04. The smallest absolute Gasteiger partial charge is 0.252 e. The van der Waals surface area contributed by atoms with Crippen molar-refractivity contribution in [2.75, 3.05) is 7.11 Å². The molecule has 1 N–H and O–H groups in total. The van der Waals surface area contributed by atoms with Crippen LogP contribution < -0.4 is 4.74 Å². The van der Waals surface area contributed by atoms with Crippen LogP contribution in [0.2, 0.25) is 0 Å². The zero-order chi connectivity index (χ0) is 14.1. The second-order valence-electron chi connectivity index (χ2n) is 5.37. The summed E-state index contributed by atoms with van der Waals surface area (Å²) in [6, 6.07) is 7.59. The van der Waals surface area contributed by atoms with Gasteiger partial charge in [0, 0.05) is 12.1 Å². The van der Waals surface area contributed by atoms with E-state index < -0.39 is 6.23 Å². The molecule has 1 aliphatic heterocycles. The molecule has 0 aromatic heterocycles. The molecular weight excluding hydrogens is 254 g/mol. The number of amides is 1. The van der Waals surface area contributed by atoms with E-state index in [4.69, 9.17) is 4.74 Å². The molecular formula is C16H19NO3. The molecule has 1 heterocycles. The molecule has 3 rings (SSSR count). The fourth-order valence-electron chi connectivity index (χ4n) is 3.02. The number of ether oxygens (including phenoxy) is 1. The van der Waals surface area contributed by atoms with Crippen LogP contribution in [0, 0.1) is 0 Å². The van der Waals surface area contributed by atoms with Gasteiger partial charge in [-0.3, -0.25) is 4.79 Å². The molecule has 1 aromatic carbocycles. The van der Waals surface area contributed by atoms with Crippen LogP contribution >= 0.6 is 0 Å². The number of aliphatic hydroxyl groups is 1. The van der Waals surface area contributed by atoms with Gasteiger partial charge in [0.2, 0.25) is 0 Å². The lowest BCUT2D eigenvalue weighted by Gasteiger charge is -2.22. The summed E-state index contributed by atoms with van der Waals surface area (Å²) in [5.74, 6) is 0.794. The quantitative estimate of drug-likeness (QED) is 0.918. The zero-order valence-corrected chi connectivity index (χ0v) is 11.6. The first-order valence-corrected chi connectivity index (χ1v) is 7.04. The molecule has 20 heavy (non-hydrogen) atoms. The molecule has 1 atom stereocenters. The van der Waals surface area contributed by atoms with E-state index in [1.54, 1.807) is 12.0 Å². The van der Waals surface area contributed by atoms with Crippen molar-refractivity contribution < 1.29 is 14.6 Å². The van der Waals surface area contributed by atoms with Gasteiger partial charge >= 0.3 is 0 Å². The van der Waals surface area contributed by atoms with E-state index in [1.807, 2.05) is 24.3 Å². The van der Waals surface area contributed by atoms with Gasteiger partial charge in [0.1, 0.15) is 5.75 Å². The minimum absolute atomic E-state index is 0.00279. The number of rotatable bonds is 3. The Balaban J connectivity index is 1.76. The number of aliphatic hydroxyl groups excluding tert-OH is 1. The van der Waals surface area contributed by atoms with Crippen molar-refractivity contribution in [2.24, 2.45) is 0 Å². The van der Waals surface area contributed by atoms with Crippen molar-refractivity contribution in [1.82, 2.24) is 4.90 Å². The molecule has 0 bridgehead atoms. The Morgan fingerprint density at radius 2 is 1.95 bits per heavy atom. The van der Waals surface area contributed by atoms with Crippen molar-refractivity contribution in [3.8, 4) is 5.75 Å². The van der Waals surface area contributed by atoms with E-state index in [2.05, 4.69) is 0 Å². The lowest BCUT2D eigenvalue weighted by molar-refractivity contribution is -0.132. The van der Waals surface area contributed by atoms with Gasteiger partial charge in [-0.05, 0) is 49.0 Å². The van der Waals surface area contributed by atoms with Crippen LogP contribution in [0.25, 0.3) is 0 Å². The third-order valence-electron chi connectivity index (χ3n) is 4.15. The van der Waals surface area contributed by atoms with Crippen LogP contribution in [0.5, 0.6) is 5.75 Å². The van der Waals surface area contributed by atoms with Crippen LogP contribution in [0.1, 0.15) is 31.2 Å². The van der Waals surface area contributed by atoms with Gasteiger partial charge in [0.25, 0.3) is 5.91 Å². The highest BCUT2D eigenvalue weighted by atomic mass is 16.5. The van der Waals surface area contributed by atoms with Gasteiger partial charge in [-0.25, -0.2) is 0 Å². The number of benzene rings is 1. The molecule has 0 saturated carbocycles. The minimum atomic E-state index is -0.736. The maximum atomic E-state index is 12.4. The molecule has 0 unspecified atom stereocenters. The van der Waals surface area contributed by atoms with E-state index in [0.29, 0.717) is 6.54 Å². The molecule has 1 aliphatic carbocycles. The van der Waals surface area contributed by atoms with E-state index in [1.165, 1.54) is 0 Å². The van der Waals surface area contributed by atoms with E-state index in [0.717, 1.165) is 48.1 Å². The standard InChI is InChI=1S/C16H19NO3/c1-20-12-8-6-11(7-9-12)10-17-15(18)13-4-2-3-5-14(13)16(17)19/h6-9,15,18H,2-5,10H2,1H3/t15-/m1/s1. The summed E-state index contributed by atoms with van der Waals surface area (Å²) in [4.78, 5) is 13.9. The Bertz CT molecular complexity index is 547. The minimum Gasteiger partial charge on any atom is -0.497 e. The highest BCUT2D eigenvalue weighted by Crippen LogP contribution is 2.36. The summed E-state index contributed by atoms with van der Waals surface area (Å²) in [5, 5.41) is 10.3. The second-order valence-corrected chi connectivity index (χ2v) is 5.37. The first kappa shape index (κ1) is 13.2. The fourth-order valence-corrected chi connectivity index (χ4v) is 3.02. The molecule has 0 saturated heterocycles. The Morgan fingerprint density at radius 3 is 2.60 bits per heavy atom. The lowest BCUT2D eigenvalue weighted by atomic mass is 9.93. The van der Waals surface area contributed by atoms with Crippen LogP contribution in [-0.2, 0) is 11.3 Å². The maximum absolute atomic E-state index is 12.4. The SMILES string of the molecule is COc1ccc(CN2C(=O)C3=C(CCCC3)[C@H]2O)cc1. The topological polar surface area (TPSA) is 49.8 Å². The second kappa shape index (κ2) is 5.29. The van der Waals surface area contributed by atoms with Gasteiger partial charge in [0.15, 0.2) is 6.23 Å². The van der Waals surface area contributed by atoms with Crippen molar-refractivity contribution in [3.05, 3.63) is 41.0 Å². The third kappa shape index (κ3) is 2.20. The van der Waals surface area contributed by atoms with Gasteiger partial charge in [0.05, 0.1) is 7.11 Å². The van der Waals surface area contributed by atoms with Gasteiger partial charge < -0.3 is 14.7 Å². The van der Waals surface area contributed by atoms with Crippen LogP contribution in [0.3, 0.4) is 0 Å².